The molecule has 0 radical (unpaired) electrons. The molecule has 2 aromatic heterocycles. The second kappa shape index (κ2) is 8.74. The van der Waals surface area contributed by atoms with Crippen LogP contribution in [0, 0.1) is 0 Å². The Morgan fingerprint density at radius 3 is 2.75 bits per heavy atom. The van der Waals surface area contributed by atoms with E-state index in [1.165, 1.54) is 12.0 Å². The molecular formula is C25H29N5O2. The van der Waals surface area contributed by atoms with E-state index in [1.807, 2.05) is 6.07 Å². The molecule has 32 heavy (non-hydrogen) atoms. The summed E-state index contributed by atoms with van der Waals surface area (Å²) in [6.45, 7) is 9.23. The molecule has 1 fully saturated rings. The first kappa shape index (κ1) is 20.7. The largest absolute Gasteiger partial charge is 0.480 e. The van der Waals surface area contributed by atoms with Crippen LogP contribution in [-0.2, 0) is 6.61 Å². The summed E-state index contributed by atoms with van der Waals surface area (Å²) < 4.78 is 11.3. The van der Waals surface area contributed by atoms with Crippen LogP contribution >= 0.6 is 0 Å². The maximum atomic E-state index is 6.10. The maximum absolute atomic E-state index is 6.10. The first-order valence-corrected chi connectivity index (χ1v) is 11.3. The summed E-state index contributed by atoms with van der Waals surface area (Å²) in [4.78, 5) is 9.82. The number of hydrogen-bond donors (Lipinski definition) is 0. The topological polar surface area (TPSA) is 63.6 Å². The van der Waals surface area contributed by atoms with Gasteiger partial charge in [-0.2, -0.15) is 10.1 Å². The van der Waals surface area contributed by atoms with Crippen molar-refractivity contribution in [1.29, 1.82) is 0 Å². The summed E-state index contributed by atoms with van der Waals surface area (Å²) >= 11 is 0. The lowest BCUT2D eigenvalue weighted by Crippen LogP contribution is -2.37. The van der Waals surface area contributed by atoms with Crippen molar-refractivity contribution < 1.29 is 9.47 Å². The van der Waals surface area contributed by atoms with Crippen molar-refractivity contribution in [2.75, 3.05) is 38.2 Å². The number of likely N-dealkylation sites (N-methyl/N-ethyl adjacent to an activating group) is 1. The number of fused-ring (bicyclic) bond motifs is 3. The van der Waals surface area contributed by atoms with E-state index in [2.05, 4.69) is 64.2 Å². The molecule has 0 bridgehead atoms. The molecule has 166 valence electrons. The van der Waals surface area contributed by atoms with Gasteiger partial charge < -0.3 is 14.4 Å². The zero-order valence-corrected chi connectivity index (χ0v) is 18.9. The number of benzene rings is 1. The maximum Gasteiger partial charge on any atom is 0.233 e. The molecule has 1 unspecified atom stereocenters. The van der Waals surface area contributed by atoms with Crippen molar-refractivity contribution in [1.82, 2.24) is 20.1 Å². The Morgan fingerprint density at radius 2 is 1.94 bits per heavy atom. The number of ether oxygens (including phenoxy) is 2. The van der Waals surface area contributed by atoms with Crippen LogP contribution in [0.25, 0.3) is 22.3 Å². The second-order valence-electron chi connectivity index (χ2n) is 8.28. The SMILES string of the molecule is CCN(CC)C1CCN(c2ccc3c(n2)OCc2cc(-c4cnnc(OC)c4)ccc2-3)C1. The van der Waals surface area contributed by atoms with Gasteiger partial charge in [0.15, 0.2) is 0 Å². The normalized spacial score (nSPS) is 17.1. The van der Waals surface area contributed by atoms with Crippen LogP contribution in [0.5, 0.6) is 11.8 Å². The Hall–Kier alpha value is -3.19. The van der Waals surface area contributed by atoms with E-state index in [1.54, 1.807) is 13.3 Å². The van der Waals surface area contributed by atoms with E-state index in [9.17, 15) is 0 Å². The molecule has 2 aliphatic rings. The van der Waals surface area contributed by atoms with Gasteiger partial charge in [0, 0.05) is 36.3 Å². The zero-order valence-electron chi connectivity index (χ0n) is 18.9. The summed E-state index contributed by atoms with van der Waals surface area (Å²) in [5.74, 6) is 2.23. The number of aromatic nitrogens is 3. The molecule has 0 amide bonds. The van der Waals surface area contributed by atoms with Crippen LogP contribution in [0.4, 0.5) is 5.82 Å². The van der Waals surface area contributed by atoms with Gasteiger partial charge in [-0.15, -0.1) is 5.10 Å². The van der Waals surface area contributed by atoms with Crippen molar-refractivity contribution in [3.05, 3.63) is 48.2 Å². The van der Waals surface area contributed by atoms with Crippen LogP contribution < -0.4 is 14.4 Å². The molecule has 1 saturated heterocycles. The lowest BCUT2D eigenvalue weighted by molar-refractivity contribution is 0.232. The summed E-state index contributed by atoms with van der Waals surface area (Å²) in [6.07, 6.45) is 2.93. The van der Waals surface area contributed by atoms with Gasteiger partial charge in [0.2, 0.25) is 11.8 Å². The molecule has 1 atom stereocenters. The zero-order chi connectivity index (χ0) is 22.1. The third-order valence-electron chi connectivity index (χ3n) is 6.60. The second-order valence-corrected chi connectivity index (χ2v) is 8.28. The molecule has 3 aromatic rings. The first-order valence-electron chi connectivity index (χ1n) is 11.3. The van der Waals surface area contributed by atoms with E-state index in [4.69, 9.17) is 14.5 Å². The van der Waals surface area contributed by atoms with Gasteiger partial charge in [-0.25, -0.2) is 0 Å². The average molecular weight is 432 g/mol. The third kappa shape index (κ3) is 3.77. The molecule has 5 rings (SSSR count). The molecule has 4 heterocycles. The smallest absolute Gasteiger partial charge is 0.233 e. The van der Waals surface area contributed by atoms with Crippen LogP contribution in [0.1, 0.15) is 25.8 Å². The highest BCUT2D eigenvalue weighted by atomic mass is 16.5. The fourth-order valence-corrected chi connectivity index (χ4v) is 4.82. The number of methoxy groups -OCH3 is 1. The highest BCUT2D eigenvalue weighted by Crippen LogP contribution is 2.39. The van der Waals surface area contributed by atoms with E-state index < -0.39 is 0 Å². The lowest BCUT2D eigenvalue weighted by Gasteiger charge is -2.27. The minimum Gasteiger partial charge on any atom is -0.480 e. The Bertz CT molecular complexity index is 1120. The lowest BCUT2D eigenvalue weighted by atomic mass is 9.95. The Labute approximate surface area is 189 Å². The standard InChI is InChI=1S/C25H29N5O2/c1-4-29(5-2)20-10-11-30(15-20)23-9-8-22-21-7-6-17(12-19(21)16-32-25(22)27-23)18-13-24(31-3)28-26-14-18/h6-9,12-14,20H,4-5,10-11,15-16H2,1-3H3. The molecule has 0 aliphatic carbocycles. The predicted molar refractivity (Wildman–Crippen MR) is 125 cm³/mol. The monoisotopic (exact) mass is 431 g/mol. The van der Waals surface area contributed by atoms with Crippen molar-refractivity contribution in [3.8, 4) is 34.0 Å². The highest BCUT2D eigenvalue weighted by Gasteiger charge is 2.28. The van der Waals surface area contributed by atoms with Gasteiger partial charge in [-0.05, 0) is 54.4 Å². The molecule has 7 nitrogen and oxygen atoms in total. The first-order chi connectivity index (χ1) is 15.7. The van der Waals surface area contributed by atoms with Gasteiger partial charge >= 0.3 is 0 Å². The molecule has 1 aromatic carbocycles. The van der Waals surface area contributed by atoms with Gasteiger partial charge in [0.05, 0.1) is 13.3 Å². The van der Waals surface area contributed by atoms with Crippen LogP contribution in [0.2, 0.25) is 0 Å². The fourth-order valence-electron chi connectivity index (χ4n) is 4.82. The summed E-state index contributed by atoms with van der Waals surface area (Å²) in [7, 11) is 1.60. The van der Waals surface area contributed by atoms with Crippen molar-refractivity contribution in [2.45, 2.75) is 32.9 Å². The number of rotatable bonds is 6. The highest BCUT2D eigenvalue weighted by molar-refractivity contribution is 5.78. The third-order valence-corrected chi connectivity index (χ3v) is 6.60. The van der Waals surface area contributed by atoms with Crippen molar-refractivity contribution in [2.24, 2.45) is 0 Å². The summed E-state index contributed by atoms with van der Waals surface area (Å²) in [5.41, 5.74) is 5.39. The van der Waals surface area contributed by atoms with Gasteiger partial charge in [-0.1, -0.05) is 26.0 Å². The molecule has 0 saturated carbocycles. The fraction of sp³-hybridized carbons (Fsp3) is 0.400. The molecule has 7 heteroatoms. The van der Waals surface area contributed by atoms with Crippen molar-refractivity contribution >= 4 is 5.82 Å². The van der Waals surface area contributed by atoms with Gasteiger partial charge in [0.1, 0.15) is 12.4 Å². The van der Waals surface area contributed by atoms with Crippen LogP contribution in [-0.4, -0.2) is 59.4 Å². The molecule has 0 N–H and O–H groups in total. The summed E-state index contributed by atoms with van der Waals surface area (Å²) in [6, 6.07) is 13.2. The minimum absolute atomic E-state index is 0.503. The number of pyridine rings is 1. The predicted octanol–water partition coefficient (Wildman–Crippen LogP) is 4.03. The van der Waals surface area contributed by atoms with E-state index in [-0.39, 0.29) is 0 Å². The van der Waals surface area contributed by atoms with Crippen LogP contribution in [0.3, 0.4) is 0 Å². The van der Waals surface area contributed by atoms with E-state index >= 15 is 0 Å². The Kier molecular flexibility index (Phi) is 5.66. The quantitative estimate of drug-likeness (QED) is 0.584. The molecule has 0 spiro atoms. The van der Waals surface area contributed by atoms with Crippen LogP contribution in [0.15, 0.2) is 42.6 Å². The number of hydrogen-bond acceptors (Lipinski definition) is 7. The summed E-state index contributed by atoms with van der Waals surface area (Å²) in [5, 5.41) is 7.98. The number of nitrogens with zero attached hydrogens (tertiary/aromatic N) is 5. The van der Waals surface area contributed by atoms with Crippen molar-refractivity contribution in [3.63, 3.8) is 0 Å². The van der Waals surface area contributed by atoms with Gasteiger partial charge in [-0.3, -0.25) is 4.90 Å². The van der Waals surface area contributed by atoms with E-state index in [0.717, 1.165) is 60.1 Å². The Morgan fingerprint density at radius 1 is 1.09 bits per heavy atom. The molecule has 2 aliphatic heterocycles. The Balaban J connectivity index is 1.39. The van der Waals surface area contributed by atoms with Gasteiger partial charge in [0.25, 0.3) is 0 Å². The molecular weight excluding hydrogens is 402 g/mol. The minimum atomic E-state index is 0.503. The average Bonchev–Trinajstić information content (AvgIpc) is 3.34. The number of anilines is 1. The van der Waals surface area contributed by atoms with E-state index in [0.29, 0.717) is 18.5 Å².